The van der Waals surface area contributed by atoms with Gasteiger partial charge in [-0.05, 0) is 38.5 Å². The molecule has 0 aliphatic carbocycles. The first-order valence-corrected chi connectivity index (χ1v) is 28.2. The average molecular weight is 889 g/mol. The van der Waals surface area contributed by atoms with Gasteiger partial charge in [-0.3, -0.25) is 14.4 Å². The van der Waals surface area contributed by atoms with E-state index in [1.165, 1.54) is 205 Å². The first-order chi connectivity index (χ1) is 31.0. The highest BCUT2D eigenvalue weighted by Crippen LogP contribution is 2.17. The number of allylic oxidation sites excluding steroid dienone is 2. The lowest BCUT2D eigenvalue weighted by atomic mass is 10.0. The summed E-state index contributed by atoms with van der Waals surface area (Å²) in [7, 11) is 0. The Balaban J connectivity index is 4.03. The third kappa shape index (κ3) is 51.0. The fourth-order valence-electron chi connectivity index (χ4n) is 8.51. The van der Waals surface area contributed by atoms with E-state index in [2.05, 4.69) is 32.9 Å². The van der Waals surface area contributed by atoms with E-state index in [9.17, 15) is 14.4 Å². The summed E-state index contributed by atoms with van der Waals surface area (Å²) in [6, 6.07) is 0. The maximum Gasteiger partial charge on any atom is 0.306 e. The van der Waals surface area contributed by atoms with Crippen LogP contribution in [0.5, 0.6) is 0 Å². The molecule has 6 heteroatoms. The lowest BCUT2D eigenvalue weighted by molar-refractivity contribution is -0.167. The highest BCUT2D eigenvalue weighted by atomic mass is 16.6. The molecule has 0 aromatic heterocycles. The van der Waals surface area contributed by atoms with Gasteiger partial charge < -0.3 is 14.2 Å². The Hall–Kier alpha value is -1.85. The molecule has 0 aliphatic heterocycles. The normalized spacial score (nSPS) is 12.0. The van der Waals surface area contributed by atoms with Crippen molar-refractivity contribution in [3.63, 3.8) is 0 Å². The zero-order valence-electron chi connectivity index (χ0n) is 42.6. The van der Waals surface area contributed by atoms with E-state index in [-0.39, 0.29) is 31.1 Å². The van der Waals surface area contributed by atoms with Crippen LogP contribution in [-0.2, 0) is 28.6 Å². The molecule has 0 rings (SSSR count). The number of rotatable bonds is 52. The predicted octanol–water partition coefficient (Wildman–Crippen LogP) is 18.5. The van der Waals surface area contributed by atoms with Crippen molar-refractivity contribution in [3.8, 4) is 0 Å². The van der Waals surface area contributed by atoms with Gasteiger partial charge in [0.25, 0.3) is 0 Å². The summed E-state index contributed by atoms with van der Waals surface area (Å²) in [5, 5.41) is 0. The largest absolute Gasteiger partial charge is 0.462 e. The lowest BCUT2D eigenvalue weighted by Crippen LogP contribution is -2.30. The molecule has 372 valence electrons. The molecule has 0 bridgehead atoms. The Morgan fingerprint density at radius 1 is 0.302 bits per heavy atom. The first-order valence-electron chi connectivity index (χ1n) is 28.2. The van der Waals surface area contributed by atoms with Gasteiger partial charge in [-0.2, -0.15) is 0 Å². The van der Waals surface area contributed by atoms with Crippen LogP contribution in [0.1, 0.15) is 316 Å². The second-order valence-corrected chi connectivity index (χ2v) is 19.2. The van der Waals surface area contributed by atoms with Gasteiger partial charge in [0.05, 0.1) is 0 Å². The smallest absolute Gasteiger partial charge is 0.306 e. The number of carbonyl (C=O) groups is 3. The molecule has 0 heterocycles. The van der Waals surface area contributed by atoms with E-state index >= 15 is 0 Å². The molecule has 6 nitrogen and oxygen atoms in total. The van der Waals surface area contributed by atoms with Crippen LogP contribution < -0.4 is 0 Å². The number of esters is 3. The average Bonchev–Trinajstić information content (AvgIpc) is 3.28. The van der Waals surface area contributed by atoms with Crippen LogP contribution in [0, 0.1) is 0 Å². The van der Waals surface area contributed by atoms with Crippen molar-refractivity contribution in [3.05, 3.63) is 12.2 Å². The molecule has 1 unspecified atom stereocenters. The predicted molar refractivity (Wildman–Crippen MR) is 270 cm³/mol. The number of hydrogen-bond donors (Lipinski definition) is 0. The SMILES string of the molecule is CCC/C=C\CCCCCCCC(=O)OC(COC(=O)CCCCCCCCCCC)COC(=O)CCCCCCCCCCCCCCCCCCCCCCCCCCCC. The van der Waals surface area contributed by atoms with E-state index in [1.807, 2.05) is 0 Å². The van der Waals surface area contributed by atoms with Crippen LogP contribution in [-0.4, -0.2) is 37.2 Å². The fourth-order valence-corrected chi connectivity index (χ4v) is 8.51. The summed E-state index contributed by atoms with van der Waals surface area (Å²) in [4.78, 5) is 37.8. The fraction of sp³-hybridized carbons (Fsp3) is 0.912. The molecule has 0 aromatic carbocycles. The van der Waals surface area contributed by atoms with Crippen molar-refractivity contribution in [2.24, 2.45) is 0 Å². The minimum Gasteiger partial charge on any atom is -0.462 e. The molecule has 0 saturated carbocycles. The summed E-state index contributed by atoms with van der Waals surface area (Å²) >= 11 is 0. The number of hydrogen-bond acceptors (Lipinski definition) is 6. The Labute approximate surface area is 392 Å². The van der Waals surface area contributed by atoms with Crippen molar-refractivity contribution in [2.45, 2.75) is 322 Å². The van der Waals surface area contributed by atoms with E-state index in [4.69, 9.17) is 14.2 Å². The number of ether oxygens (including phenoxy) is 3. The first kappa shape index (κ1) is 61.1. The maximum absolute atomic E-state index is 12.7. The highest BCUT2D eigenvalue weighted by molar-refractivity contribution is 5.71. The summed E-state index contributed by atoms with van der Waals surface area (Å²) in [6.07, 6.45) is 59.5. The molecular weight excluding hydrogens is 781 g/mol. The van der Waals surface area contributed by atoms with Crippen molar-refractivity contribution in [1.29, 1.82) is 0 Å². The van der Waals surface area contributed by atoms with Gasteiger partial charge in [0, 0.05) is 19.3 Å². The lowest BCUT2D eigenvalue weighted by Gasteiger charge is -2.18. The van der Waals surface area contributed by atoms with E-state index in [0.29, 0.717) is 19.3 Å². The summed E-state index contributed by atoms with van der Waals surface area (Å²) < 4.78 is 16.8. The zero-order chi connectivity index (χ0) is 45.8. The van der Waals surface area contributed by atoms with Crippen LogP contribution in [0.15, 0.2) is 12.2 Å². The molecule has 0 radical (unpaired) electrons. The number of carbonyl (C=O) groups excluding carboxylic acids is 3. The summed E-state index contributed by atoms with van der Waals surface area (Å²) in [5.41, 5.74) is 0. The van der Waals surface area contributed by atoms with E-state index in [1.54, 1.807) is 0 Å². The Morgan fingerprint density at radius 2 is 0.556 bits per heavy atom. The highest BCUT2D eigenvalue weighted by Gasteiger charge is 2.19. The molecule has 0 spiro atoms. The summed E-state index contributed by atoms with van der Waals surface area (Å²) in [5.74, 6) is -0.865. The standard InChI is InChI=1S/C57H108O6/c1-4-7-10-13-16-19-21-22-23-24-25-26-27-28-29-30-31-32-33-34-35-36-39-41-44-47-50-56(59)62-53-54(52-61-55(58)49-46-43-40-37-18-15-12-9-6-3)63-57(60)51-48-45-42-38-20-17-14-11-8-5-2/h11,14,54H,4-10,12-13,15-53H2,1-3H3/b14-11-. The quantitative estimate of drug-likeness (QED) is 0.0262. The van der Waals surface area contributed by atoms with Crippen LogP contribution in [0.25, 0.3) is 0 Å². The Morgan fingerprint density at radius 3 is 0.857 bits per heavy atom. The Bertz CT molecular complexity index is 978. The molecule has 0 saturated heterocycles. The van der Waals surface area contributed by atoms with Crippen molar-refractivity contribution >= 4 is 17.9 Å². The van der Waals surface area contributed by atoms with Crippen LogP contribution in [0.4, 0.5) is 0 Å². The van der Waals surface area contributed by atoms with Crippen LogP contribution in [0.2, 0.25) is 0 Å². The third-order valence-corrected chi connectivity index (χ3v) is 12.8. The van der Waals surface area contributed by atoms with Gasteiger partial charge in [0.1, 0.15) is 13.2 Å². The van der Waals surface area contributed by atoms with Crippen molar-refractivity contribution in [1.82, 2.24) is 0 Å². The van der Waals surface area contributed by atoms with Crippen molar-refractivity contribution < 1.29 is 28.6 Å². The molecular formula is C57H108O6. The van der Waals surface area contributed by atoms with Gasteiger partial charge in [0.15, 0.2) is 6.10 Å². The van der Waals surface area contributed by atoms with Gasteiger partial charge in [-0.1, -0.05) is 270 Å². The monoisotopic (exact) mass is 889 g/mol. The van der Waals surface area contributed by atoms with Gasteiger partial charge in [0.2, 0.25) is 0 Å². The van der Waals surface area contributed by atoms with Gasteiger partial charge in [-0.15, -0.1) is 0 Å². The molecule has 0 amide bonds. The van der Waals surface area contributed by atoms with Crippen LogP contribution >= 0.6 is 0 Å². The van der Waals surface area contributed by atoms with E-state index < -0.39 is 6.10 Å². The maximum atomic E-state index is 12.7. The van der Waals surface area contributed by atoms with Gasteiger partial charge in [-0.25, -0.2) is 0 Å². The second-order valence-electron chi connectivity index (χ2n) is 19.2. The Kier molecular flexibility index (Phi) is 51.2. The minimum atomic E-state index is -0.766. The minimum absolute atomic E-state index is 0.0685. The zero-order valence-corrected chi connectivity index (χ0v) is 42.6. The molecule has 0 aliphatic rings. The van der Waals surface area contributed by atoms with Gasteiger partial charge >= 0.3 is 17.9 Å². The second kappa shape index (κ2) is 52.8. The molecule has 1 atom stereocenters. The number of unbranched alkanes of at least 4 members (excludes halogenated alkanes) is 39. The third-order valence-electron chi connectivity index (χ3n) is 12.8. The molecule has 0 N–H and O–H groups in total. The van der Waals surface area contributed by atoms with Crippen molar-refractivity contribution in [2.75, 3.05) is 13.2 Å². The topological polar surface area (TPSA) is 78.9 Å². The molecule has 0 aromatic rings. The van der Waals surface area contributed by atoms with Crippen LogP contribution in [0.3, 0.4) is 0 Å². The molecule has 0 fully saturated rings. The molecule has 63 heavy (non-hydrogen) atoms. The summed E-state index contributed by atoms with van der Waals surface area (Å²) in [6.45, 7) is 6.59. The van der Waals surface area contributed by atoms with E-state index in [0.717, 1.165) is 70.6 Å².